The van der Waals surface area contributed by atoms with Crippen molar-refractivity contribution >= 4 is 34.6 Å². The summed E-state index contributed by atoms with van der Waals surface area (Å²) in [6, 6.07) is 8.33. The predicted octanol–water partition coefficient (Wildman–Crippen LogP) is 4.20. The first kappa shape index (κ1) is 17.1. The molecule has 0 saturated heterocycles. The number of H-pyrrole nitrogens is 1. The second kappa shape index (κ2) is 6.77. The van der Waals surface area contributed by atoms with Crippen molar-refractivity contribution in [1.82, 2.24) is 19.7 Å². The quantitative estimate of drug-likeness (QED) is 0.646. The van der Waals surface area contributed by atoms with E-state index in [0.29, 0.717) is 22.4 Å². The highest BCUT2D eigenvalue weighted by Crippen LogP contribution is 2.40. The van der Waals surface area contributed by atoms with Crippen LogP contribution in [0, 0.1) is 18.6 Å². The summed E-state index contributed by atoms with van der Waals surface area (Å²) in [6.07, 6.45) is 2.58. The van der Waals surface area contributed by atoms with Gasteiger partial charge in [0.15, 0.2) is 15.7 Å². The number of anilines is 1. The van der Waals surface area contributed by atoms with Crippen LogP contribution in [-0.4, -0.2) is 25.7 Å². The maximum absolute atomic E-state index is 12.4. The molecule has 2 heterocycles. The maximum Gasteiger partial charge on any atom is 0.230 e. The molecule has 134 valence electrons. The number of amides is 1. The lowest BCUT2D eigenvalue weighted by molar-refractivity contribution is -0.115. The molecule has 4 rings (SSSR count). The fourth-order valence-electron chi connectivity index (χ4n) is 2.94. The van der Waals surface area contributed by atoms with Crippen molar-refractivity contribution in [3.05, 3.63) is 45.9 Å². The molecule has 0 atom stereocenters. The molecule has 1 aliphatic rings. The van der Waals surface area contributed by atoms with E-state index >= 15 is 0 Å². The number of carbonyl (C=O) groups excluding carboxylic acids is 1. The summed E-state index contributed by atoms with van der Waals surface area (Å²) in [5.41, 5.74) is 2.98. The van der Waals surface area contributed by atoms with Crippen molar-refractivity contribution in [3.8, 4) is 10.7 Å². The smallest absolute Gasteiger partial charge is 0.230 e. The van der Waals surface area contributed by atoms with E-state index in [9.17, 15) is 4.79 Å². The molecular formula is C18H19N5OS2. The highest BCUT2D eigenvalue weighted by Gasteiger charge is 2.29. The number of nitrogens with one attached hydrogen (secondary N) is 2. The van der Waals surface area contributed by atoms with E-state index in [2.05, 4.69) is 25.1 Å². The summed E-state index contributed by atoms with van der Waals surface area (Å²) in [7, 11) is 0. The van der Waals surface area contributed by atoms with Gasteiger partial charge in [0.1, 0.15) is 0 Å². The molecule has 1 saturated carbocycles. The highest BCUT2D eigenvalue weighted by atomic mass is 32.1. The Kier molecular flexibility index (Phi) is 4.46. The van der Waals surface area contributed by atoms with E-state index in [4.69, 9.17) is 12.2 Å². The number of hydrogen-bond acceptors (Lipinski definition) is 5. The highest BCUT2D eigenvalue weighted by molar-refractivity contribution is 7.71. The Morgan fingerprint density at radius 1 is 1.38 bits per heavy atom. The van der Waals surface area contributed by atoms with Gasteiger partial charge in [0.05, 0.1) is 17.0 Å². The molecule has 6 nitrogen and oxygen atoms in total. The van der Waals surface area contributed by atoms with Gasteiger partial charge in [-0.15, -0.1) is 0 Å². The third-order valence-corrected chi connectivity index (χ3v) is 5.83. The molecule has 1 aromatic carbocycles. The Morgan fingerprint density at radius 3 is 2.88 bits per heavy atom. The first-order valence-corrected chi connectivity index (χ1v) is 9.74. The van der Waals surface area contributed by atoms with Gasteiger partial charge >= 0.3 is 0 Å². The molecule has 3 aromatic rings. The third-order valence-electron chi connectivity index (χ3n) is 4.47. The number of aromatic nitrogens is 4. The van der Waals surface area contributed by atoms with Crippen LogP contribution < -0.4 is 5.32 Å². The SMILES string of the molecule is Cc1ccccc1CC(=O)Nc1nc(C)c(-c2n[nH]c(=S)n2C2CC2)s1. The summed E-state index contributed by atoms with van der Waals surface area (Å²) in [4.78, 5) is 17.8. The van der Waals surface area contributed by atoms with Gasteiger partial charge in [-0.3, -0.25) is 14.5 Å². The van der Waals surface area contributed by atoms with Gasteiger partial charge in [-0.25, -0.2) is 4.98 Å². The van der Waals surface area contributed by atoms with Crippen LogP contribution in [0.15, 0.2) is 24.3 Å². The number of thiazole rings is 1. The summed E-state index contributed by atoms with van der Waals surface area (Å²) in [5.74, 6) is 0.743. The van der Waals surface area contributed by atoms with Crippen LogP contribution in [0.4, 0.5) is 5.13 Å². The van der Waals surface area contributed by atoms with Crippen LogP contribution in [0.3, 0.4) is 0 Å². The lowest BCUT2D eigenvalue weighted by Crippen LogP contribution is -2.14. The molecule has 0 radical (unpaired) electrons. The molecule has 2 aromatic heterocycles. The average Bonchev–Trinajstić information content (AvgIpc) is 3.27. The summed E-state index contributed by atoms with van der Waals surface area (Å²) in [6.45, 7) is 3.94. The van der Waals surface area contributed by atoms with E-state index in [1.165, 1.54) is 11.3 Å². The minimum atomic E-state index is -0.0688. The number of hydrogen-bond donors (Lipinski definition) is 2. The van der Waals surface area contributed by atoms with Gasteiger partial charge in [0, 0.05) is 6.04 Å². The second-order valence-electron chi connectivity index (χ2n) is 6.54. The largest absolute Gasteiger partial charge is 0.302 e. The average molecular weight is 386 g/mol. The van der Waals surface area contributed by atoms with E-state index in [1.54, 1.807) is 0 Å². The van der Waals surface area contributed by atoms with Crippen LogP contribution in [0.2, 0.25) is 0 Å². The fourth-order valence-corrected chi connectivity index (χ4v) is 4.19. The third kappa shape index (κ3) is 3.34. The van der Waals surface area contributed by atoms with E-state index < -0.39 is 0 Å². The van der Waals surface area contributed by atoms with Gasteiger partial charge in [0.25, 0.3) is 0 Å². The van der Waals surface area contributed by atoms with Crippen LogP contribution in [-0.2, 0) is 11.2 Å². The lowest BCUT2D eigenvalue weighted by atomic mass is 10.1. The van der Waals surface area contributed by atoms with Gasteiger partial charge in [-0.05, 0) is 50.0 Å². The molecule has 1 amide bonds. The molecule has 2 N–H and O–H groups in total. The lowest BCUT2D eigenvalue weighted by Gasteiger charge is -2.05. The first-order valence-electron chi connectivity index (χ1n) is 8.52. The summed E-state index contributed by atoms with van der Waals surface area (Å²) in [5, 5.41) is 10.8. The minimum Gasteiger partial charge on any atom is -0.302 e. The number of aryl methyl sites for hydroxylation is 2. The van der Waals surface area contributed by atoms with Crippen LogP contribution in [0.25, 0.3) is 10.7 Å². The van der Waals surface area contributed by atoms with Gasteiger partial charge < -0.3 is 5.32 Å². The molecule has 0 bridgehead atoms. The number of carbonyl (C=O) groups is 1. The van der Waals surface area contributed by atoms with Crippen LogP contribution >= 0.6 is 23.6 Å². The standard InChI is InChI=1S/C18H19N5OS2/c1-10-5-3-4-6-12(10)9-14(24)20-17-19-11(2)15(26-17)16-21-22-18(25)23(16)13-7-8-13/h3-6,13H,7-9H2,1-2H3,(H,22,25)(H,19,20,24). The van der Waals surface area contributed by atoms with E-state index in [0.717, 1.165) is 40.4 Å². The molecule has 0 unspecified atom stereocenters. The van der Waals surface area contributed by atoms with Gasteiger partial charge in [-0.1, -0.05) is 35.6 Å². The Morgan fingerprint density at radius 2 is 2.15 bits per heavy atom. The summed E-state index contributed by atoms with van der Waals surface area (Å²) < 4.78 is 2.70. The molecule has 8 heteroatoms. The Hall–Kier alpha value is -2.32. The molecular weight excluding hydrogens is 366 g/mol. The zero-order valence-electron chi connectivity index (χ0n) is 14.6. The van der Waals surface area contributed by atoms with Crippen molar-refractivity contribution < 1.29 is 4.79 Å². The van der Waals surface area contributed by atoms with Crippen LogP contribution in [0.1, 0.15) is 35.7 Å². The van der Waals surface area contributed by atoms with Crippen molar-refractivity contribution in [3.63, 3.8) is 0 Å². The Balaban J connectivity index is 1.55. The zero-order valence-corrected chi connectivity index (χ0v) is 16.2. The number of aromatic amines is 1. The van der Waals surface area contributed by atoms with Crippen molar-refractivity contribution in [1.29, 1.82) is 0 Å². The molecule has 1 fully saturated rings. The van der Waals surface area contributed by atoms with Crippen molar-refractivity contribution in [2.75, 3.05) is 5.32 Å². The predicted molar refractivity (Wildman–Crippen MR) is 105 cm³/mol. The maximum atomic E-state index is 12.4. The zero-order chi connectivity index (χ0) is 18.3. The topological polar surface area (TPSA) is 75.6 Å². The monoisotopic (exact) mass is 385 g/mol. The Labute approximate surface area is 160 Å². The van der Waals surface area contributed by atoms with E-state index in [1.807, 2.05) is 38.1 Å². The number of nitrogens with zero attached hydrogens (tertiary/aromatic N) is 3. The first-order chi connectivity index (χ1) is 12.5. The molecule has 0 spiro atoms. The van der Waals surface area contributed by atoms with Gasteiger partial charge in [-0.2, -0.15) is 5.10 Å². The van der Waals surface area contributed by atoms with Gasteiger partial charge in [0.2, 0.25) is 5.91 Å². The molecule has 0 aliphatic heterocycles. The Bertz CT molecular complexity index is 1030. The van der Waals surface area contributed by atoms with E-state index in [-0.39, 0.29) is 5.91 Å². The molecule has 26 heavy (non-hydrogen) atoms. The molecule has 1 aliphatic carbocycles. The fraction of sp³-hybridized carbons (Fsp3) is 0.333. The minimum absolute atomic E-state index is 0.0688. The van der Waals surface area contributed by atoms with Crippen molar-refractivity contribution in [2.45, 2.75) is 39.2 Å². The number of rotatable bonds is 5. The second-order valence-corrected chi connectivity index (χ2v) is 7.92. The summed E-state index contributed by atoms with van der Waals surface area (Å²) >= 11 is 6.79. The van der Waals surface area contributed by atoms with Crippen LogP contribution in [0.5, 0.6) is 0 Å². The number of benzene rings is 1. The normalized spacial score (nSPS) is 13.8. The van der Waals surface area contributed by atoms with Crippen molar-refractivity contribution in [2.24, 2.45) is 0 Å².